The Hall–Kier alpha value is -3.81. The van der Waals surface area contributed by atoms with Crippen molar-refractivity contribution < 1.29 is 9.18 Å². The summed E-state index contributed by atoms with van der Waals surface area (Å²) in [4.78, 5) is 25.0. The third-order valence-electron chi connectivity index (χ3n) is 4.31. The smallest absolute Gasteiger partial charge is 0.276 e. The Morgan fingerprint density at radius 1 is 1.07 bits per heavy atom. The van der Waals surface area contributed by atoms with Gasteiger partial charge in [0, 0.05) is 24.9 Å². The SMILES string of the molecule is Nc1ccc(C(=O)Nc2nc3ccccc3n2CCc2ccccn2)nc1F. The summed E-state index contributed by atoms with van der Waals surface area (Å²) in [5.74, 6) is -1.08. The third kappa shape index (κ3) is 3.52. The van der Waals surface area contributed by atoms with Crippen molar-refractivity contribution in [3.8, 4) is 0 Å². The monoisotopic (exact) mass is 376 g/mol. The summed E-state index contributed by atoms with van der Waals surface area (Å²) in [5, 5.41) is 2.72. The highest BCUT2D eigenvalue weighted by Crippen LogP contribution is 2.21. The molecule has 4 aromatic rings. The Kier molecular flexibility index (Phi) is 4.67. The summed E-state index contributed by atoms with van der Waals surface area (Å²) in [5.41, 5.74) is 7.79. The molecule has 0 radical (unpaired) electrons. The summed E-state index contributed by atoms with van der Waals surface area (Å²) in [6.07, 6.45) is 2.41. The van der Waals surface area contributed by atoms with Crippen molar-refractivity contribution in [2.24, 2.45) is 0 Å². The predicted molar refractivity (Wildman–Crippen MR) is 104 cm³/mol. The molecule has 3 N–H and O–H groups in total. The Labute approximate surface area is 160 Å². The van der Waals surface area contributed by atoms with E-state index >= 15 is 0 Å². The quantitative estimate of drug-likeness (QED) is 0.522. The topological polar surface area (TPSA) is 98.7 Å². The van der Waals surface area contributed by atoms with Crippen LogP contribution >= 0.6 is 0 Å². The Balaban J connectivity index is 1.64. The first-order chi connectivity index (χ1) is 13.6. The van der Waals surface area contributed by atoms with Gasteiger partial charge in [0.25, 0.3) is 5.91 Å². The molecule has 1 aromatic carbocycles. The van der Waals surface area contributed by atoms with Crippen LogP contribution in [0.5, 0.6) is 0 Å². The molecule has 8 heteroatoms. The molecule has 28 heavy (non-hydrogen) atoms. The van der Waals surface area contributed by atoms with Gasteiger partial charge < -0.3 is 10.3 Å². The number of nitrogens with one attached hydrogen (secondary N) is 1. The second kappa shape index (κ2) is 7.43. The van der Waals surface area contributed by atoms with Crippen LogP contribution in [0.2, 0.25) is 0 Å². The molecule has 0 aliphatic rings. The van der Waals surface area contributed by atoms with E-state index in [4.69, 9.17) is 5.73 Å². The minimum atomic E-state index is -0.878. The Morgan fingerprint density at radius 3 is 2.68 bits per heavy atom. The minimum Gasteiger partial charge on any atom is -0.395 e. The lowest BCUT2D eigenvalue weighted by Crippen LogP contribution is -2.18. The summed E-state index contributed by atoms with van der Waals surface area (Å²) in [6.45, 7) is 0.566. The van der Waals surface area contributed by atoms with Gasteiger partial charge in [0.05, 0.1) is 16.7 Å². The number of aromatic nitrogens is 4. The molecule has 0 fully saturated rings. The van der Waals surface area contributed by atoms with E-state index in [2.05, 4.69) is 20.3 Å². The second-order valence-electron chi connectivity index (χ2n) is 6.18. The fraction of sp³-hybridized carbons (Fsp3) is 0.100. The Morgan fingerprint density at radius 2 is 1.89 bits per heavy atom. The van der Waals surface area contributed by atoms with Crippen molar-refractivity contribution in [1.82, 2.24) is 19.5 Å². The molecule has 0 unspecified atom stereocenters. The summed E-state index contributed by atoms with van der Waals surface area (Å²) in [7, 11) is 0. The van der Waals surface area contributed by atoms with E-state index in [-0.39, 0.29) is 11.4 Å². The number of aryl methyl sites for hydroxylation is 2. The molecule has 0 saturated carbocycles. The number of fused-ring (bicyclic) bond motifs is 1. The van der Waals surface area contributed by atoms with Crippen LogP contribution in [0.1, 0.15) is 16.2 Å². The molecule has 0 spiro atoms. The molecule has 0 atom stereocenters. The van der Waals surface area contributed by atoms with Gasteiger partial charge in [-0.05, 0) is 36.4 Å². The van der Waals surface area contributed by atoms with Gasteiger partial charge in [-0.2, -0.15) is 4.39 Å². The van der Waals surface area contributed by atoms with Crippen molar-refractivity contribution >= 4 is 28.6 Å². The lowest BCUT2D eigenvalue weighted by Gasteiger charge is -2.10. The van der Waals surface area contributed by atoms with Crippen molar-refractivity contribution in [1.29, 1.82) is 0 Å². The average Bonchev–Trinajstić information content (AvgIpc) is 3.06. The number of nitrogen functional groups attached to an aromatic ring is 1. The lowest BCUT2D eigenvalue weighted by molar-refractivity contribution is 0.102. The van der Waals surface area contributed by atoms with E-state index < -0.39 is 11.9 Å². The number of rotatable bonds is 5. The molecular weight excluding hydrogens is 359 g/mol. The molecule has 7 nitrogen and oxygen atoms in total. The molecule has 0 bridgehead atoms. The molecule has 140 valence electrons. The van der Waals surface area contributed by atoms with Gasteiger partial charge >= 0.3 is 0 Å². The number of para-hydroxylation sites is 2. The van der Waals surface area contributed by atoms with Crippen LogP contribution < -0.4 is 11.1 Å². The Bertz CT molecular complexity index is 1140. The van der Waals surface area contributed by atoms with Gasteiger partial charge in [0.2, 0.25) is 11.9 Å². The van der Waals surface area contributed by atoms with E-state index in [1.807, 2.05) is 47.0 Å². The number of carbonyl (C=O) groups excluding carboxylic acids is 1. The lowest BCUT2D eigenvalue weighted by atomic mass is 10.2. The van der Waals surface area contributed by atoms with Crippen LogP contribution in [0.25, 0.3) is 11.0 Å². The van der Waals surface area contributed by atoms with Crippen LogP contribution in [0.15, 0.2) is 60.8 Å². The summed E-state index contributed by atoms with van der Waals surface area (Å²) >= 11 is 0. The molecule has 3 aromatic heterocycles. The first-order valence-corrected chi connectivity index (χ1v) is 8.70. The third-order valence-corrected chi connectivity index (χ3v) is 4.31. The molecular formula is C20H17FN6O. The zero-order valence-electron chi connectivity index (χ0n) is 14.8. The van der Waals surface area contributed by atoms with E-state index in [0.717, 1.165) is 16.7 Å². The van der Waals surface area contributed by atoms with Crippen LogP contribution in [0.3, 0.4) is 0 Å². The maximum atomic E-state index is 13.6. The number of nitrogens with zero attached hydrogens (tertiary/aromatic N) is 4. The number of anilines is 2. The van der Waals surface area contributed by atoms with Gasteiger partial charge in [-0.1, -0.05) is 18.2 Å². The van der Waals surface area contributed by atoms with Gasteiger partial charge in [0.1, 0.15) is 5.69 Å². The minimum absolute atomic E-state index is 0.0740. The number of hydrogen-bond donors (Lipinski definition) is 2. The van der Waals surface area contributed by atoms with Crippen molar-refractivity contribution in [2.75, 3.05) is 11.1 Å². The fourth-order valence-electron chi connectivity index (χ4n) is 2.91. The highest BCUT2D eigenvalue weighted by atomic mass is 19.1. The number of imidazole rings is 1. The predicted octanol–water partition coefficient (Wildman–Crippen LogP) is 3.04. The number of halogens is 1. The first-order valence-electron chi connectivity index (χ1n) is 8.70. The molecule has 0 aliphatic carbocycles. The standard InChI is InChI=1S/C20H17FN6O/c21-18-14(22)8-9-16(24-18)19(28)26-20-25-15-6-1-2-7-17(15)27(20)12-10-13-5-3-4-11-23-13/h1-9,11H,10,12,22H2,(H,25,26,28). The molecule has 1 amide bonds. The first kappa shape index (κ1) is 17.6. The normalized spacial score (nSPS) is 10.9. The van der Waals surface area contributed by atoms with E-state index in [0.29, 0.717) is 18.9 Å². The molecule has 4 rings (SSSR count). The highest BCUT2D eigenvalue weighted by Gasteiger charge is 2.16. The second-order valence-corrected chi connectivity index (χ2v) is 6.18. The maximum absolute atomic E-state index is 13.6. The molecule has 0 aliphatic heterocycles. The number of amides is 1. The molecule has 0 saturated heterocycles. The largest absolute Gasteiger partial charge is 0.395 e. The van der Waals surface area contributed by atoms with Gasteiger partial charge in [-0.3, -0.25) is 15.1 Å². The van der Waals surface area contributed by atoms with E-state index in [1.165, 1.54) is 12.1 Å². The van der Waals surface area contributed by atoms with Crippen molar-refractivity contribution in [3.05, 3.63) is 78.1 Å². The number of hydrogen-bond acceptors (Lipinski definition) is 5. The van der Waals surface area contributed by atoms with Gasteiger partial charge in [0.15, 0.2) is 0 Å². The zero-order chi connectivity index (χ0) is 19.5. The maximum Gasteiger partial charge on any atom is 0.276 e. The number of nitrogens with two attached hydrogens (primary N) is 1. The van der Waals surface area contributed by atoms with Crippen molar-refractivity contribution in [2.45, 2.75) is 13.0 Å². The van der Waals surface area contributed by atoms with E-state index in [1.54, 1.807) is 6.20 Å². The highest BCUT2D eigenvalue weighted by molar-refractivity contribution is 6.02. The zero-order valence-corrected chi connectivity index (χ0v) is 14.8. The number of benzene rings is 1. The molecule has 3 heterocycles. The van der Waals surface area contributed by atoms with Gasteiger partial charge in [-0.15, -0.1) is 0 Å². The average molecular weight is 376 g/mol. The van der Waals surface area contributed by atoms with Crippen LogP contribution in [-0.4, -0.2) is 25.4 Å². The van der Waals surface area contributed by atoms with Crippen LogP contribution in [0.4, 0.5) is 16.0 Å². The fourth-order valence-corrected chi connectivity index (χ4v) is 2.91. The van der Waals surface area contributed by atoms with E-state index in [9.17, 15) is 9.18 Å². The van der Waals surface area contributed by atoms with Gasteiger partial charge in [-0.25, -0.2) is 9.97 Å². The number of pyridine rings is 2. The summed E-state index contributed by atoms with van der Waals surface area (Å²) in [6, 6.07) is 16.0. The van der Waals surface area contributed by atoms with Crippen molar-refractivity contribution in [3.63, 3.8) is 0 Å². The number of carbonyl (C=O) groups is 1. The summed E-state index contributed by atoms with van der Waals surface area (Å²) < 4.78 is 15.5. The van der Waals surface area contributed by atoms with Crippen LogP contribution in [0, 0.1) is 5.95 Å². The van der Waals surface area contributed by atoms with Crippen LogP contribution in [-0.2, 0) is 13.0 Å².